The van der Waals surface area contributed by atoms with Crippen LogP contribution in [0.5, 0.6) is 5.75 Å². The van der Waals surface area contributed by atoms with E-state index < -0.39 is 0 Å². The zero-order chi connectivity index (χ0) is 14.7. The van der Waals surface area contributed by atoms with Gasteiger partial charge in [-0.15, -0.1) is 0 Å². The Labute approximate surface area is 133 Å². The molecular weight excluding hydrogens is 304 g/mol. The standard InChI is InChI=1S/C16H15ClN2OS/c1-2-20-14-10-12(8-9-13(14)17)16-19-18-15(21-16)11-6-4-3-5-7-11/h3-10,16,19H,2H2,1H3/t16-/m1/s1. The first-order chi connectivity index (χ1) is 10.3. The molecule has 0 bridgehead atoms. The number of hydrazone groups is 1. The smallest absolute Gasteiger partial charge is 0.138 e. The number of ether oxygens (including phenoxy) is 1. The maximum atomic E-state index is 6.13. The highest BCUT2D eigenvalue weighted by Crippen LogP contribution is 2.37. The molecule has 1 aliphatic heterocycles. The van der Waals surface area contributed by atoms with Gasteiger partial charge in [0.25, 0.3) is 0 Å². The Morgan fingerprint density at radius 1 is 1.24 bits per heavy atom. The Balaban J connectivity index is 1.77. The quantitative estimate of drug-likeness (QED) is 0.905. The number of rotatable bonds is 4. The first-order valence-corrected chi connectivity index (χ1v) is 8.01. The highest BCUT2D eigenvalue weighted by Gasteiger charge is 2.22. The SMILES string of the molecule is CCOc1cc([C@@H]2NN=C(c3ccccc3)S2)ccc1Cl. The summed E-state index contributed by atoms with van der Waals surface area (Å²) < 4.78 is 5.54. The highest BCUT2D eigenvalue weighted by molar-refractivity contribution is 8.14. The van der Waals surface area contributed by atoms with Crippen LogP contribution in [0.3, 0.4) is 0 Å². The molecule has 2 aromatic rings. The number of halogens is 1. The van der Waals surface area contributed by atoms with Crippen molar-refractivity contribution in [3.63, 3.8) is 0 Å². The summed E-state index contributed by atoms with van der Waals surface area (Å²) in [7, 11) is 0. The lowest BCUT2D eigenvalue weighted by molar-refractivity contribution is 0.340. The summed E-state index contributed by atoms with van der Waals surface area (Å²) in [6.45, 7) is 2.54. The van der Waals surface area contributed by atoms with Crippen LogP contribution in [0.25, 0.3) is 0 Å². The average molecular weight is 319 g/mol. The fourth-order valence-corrected chi connectivity index (χ4v) is 3.25. The van der Waals surface area contributed by atoms with E-state index in [1.165, 1.54) is 0 Å². The van der Waals surface area contributed by atoms with E-state index in [9.17, 15) is 0 Å². The Hall–Kier alpha value is -1.65. The van der Waals surface area contributed by atoms with E-state index in [4.69, 9.17) is 16.3 Å². The van der Waals surface area contributed by atoms with E-state index in [0.717, 1.165) is 16.2 Å². The van der Waals surface area contributed by atoms with E-state index in [-0.39, 0.29) is 5.37 Å². The third-order valence-corrected chi connectivity index (χ3v) is 4.57. The molecule has 2 aromatic carbocycles. The van der Waals surface area contributed by atoms with Crippen LogP contribution in [0.4, 0.5) is 0 Å². The van der Waals surface area contributed by atoms with Gasteiger partial charge in [0.2, 0.25) is 0 Å². The number of hydrogen-bond donors (Lipinski definition) is 1. The number of nitrogens with one attached hydrogen (secondary N) is 1. The first-order valence-electron chi connectivity index (χ1n) is 6.75. The van der Waals surface area contributed by atoms with Gasteiger partial charge in [0, 0.05) is 5.56 Å². The summed E-state index contributed by atoms with van der Waals surface area (Å²) in [6, 6.07) is 16.0. The molecule has 1 heterocycles. The van der Waals surface area contributed by atoms with Gasteiger partial charge in [-0.3, -0.25) is 5.43 Å². The number of benzene rings is 2. The lowest BCUT2D eigenvalue weighted by Gasteiger charge is -2.12. The van der Waals surface area contributed by atoms with E-state index in [1.54, 1.807) is 11.8 Å². The van der Waals surface area contributed by atoms with Crippen LogP contribution in [-0.4, -0.2) is 11.7 Å². The van der Waals surface area contributed by atoms with Crippen LogP contribution in [-0.2, 0) is 0 Å². The minimum Gasteiger partial charge on any atom is -0.492 e. The lowest BCUT2D eigenvalue weighted by Crippen LogP contribution is -2.07. The number of hydrogen-bond acceptors (Lipinski definition) is 4. The minimum absolute atomic E-state index is 0.0803. The van der Waals surface area contributed by atoms with Crippen LogP contribution >= 0.6 is 23.4 Å². The van der Waals surface area contributed by atoms with Crippen molar-refractivity contribution in [2.45, 2.75) is 12.3 Å². The van der Waals surface area contributed by atoms with Gasteiger partial charge in [-0.05, 0) is 24.6 Å². The molecule has 0 radical (unpaired) electrons. The molecule has 3 nitrogen and oxygen atoms in total. The topological polar surface area (TPSA) is 33.6 Å². The molecule has 0 amide bonds. The van der Waals surface area contributed by atoms with E-state index in [0.29, 0.717) is 17.4 Å². The molecule has 0 aromatic heterocycles. The molecular formula is C16H15ClN2OS. The van der Waals surface area contributed by atoms with Gasteiger partial charge in [0.05, 0.1) is 11.6 Å². The summed E-state index contributed by atoms with van der Waals surface area (Å²) in [5, 5.41) is 6.12. The van der Waals surface area contributed by atoms with Gasteiger partial charge in [-0.1, -0.05) is 59.8 Å². The summed E-state index contributed by atoms with van der Waals surface area (Å²) in [5.74, 6) is 0.715. The van der Waals surface area contributed by atoms with E-state index in [2.05, 4.69) is 22.7 Å². The fraction of sp³-hybridized carbons (Fsp3) is 0.188. The Bertz CT molecular complexity index is 661. The Kier molecular flexibility index (Phi) is 4.36. The van der Waals surface area contributed by atoms with Crippen molar-refractivity contribution in [3.05, 3.63) is 64.7 Å². The molecule has 0 fully saturated rings. The van der Waals surface area contributed by atoms with Crippen molar-refractivity contribution in [2.75, 3.05) is 6.61 Å². The Morgan fingerprint density at radius 3 is 2.81 bits per heavy atom. The normalized spacial score (nSPS) is 17.2. The number of thioether (sulfide) groups is 1. The molecule has 0 saturated heterocycles. The summed E-state index contributed by atoms with van der Waals surface area (Å²) in [4.78, 5) is 0. The van der Waals surface area contributed by atoms with Gasteiger partial charge in [-0.25, -0.2) is 0 Å². The van der Waals surface area contributed by atoms with Crippen molar-refractivity contribution in [1.29, 1.82) is 0 Å². The van der Waals surface area contributed by atoms with Gasteiger partial charge in [0.15, 0.2) is 0 Å². The molecule has 0 unspecified atom stereocenters. The summed E-state index contributed by atoms with van der Waals surface area (Å²) >= 11 is 7.82. The molecule has 1 N–H and O–H groups in total. The molecule has 0 spiro atoms. The molecule has 108 valence electrons. The van der Waals surface area contributed by atoms with Crippen molar-refractivity contribution >= 4 is 28.4 Å². The van der Waals surface area contributed by atoms with Crippen molar-refractivity contribution in [2.24, 2.45) is 5.10 Å². The van der Waals surface area contributed by atoms with Crippen molar-refractivity contribution in [3.8, 4) is 5.75 Å². The van der Waals surface area contributed by atoms with Crippen LogP contribution < -0.4 is 10.2 Å². The molecule has 21 heavy (non-hydrogen) atoms. The van der Waals surface area contributed by atoms with Crippen LogP contribution in [0.2, 0.25) is 5.02 Å². The monoisotopic (exact) mass is 318 g/mol. The second kappa shape index (κ2) is 6.41. The zero-order valence-electron chi connectivity index (χ0n) is 11.5. The predicted molar refractivity (Wildman–Crippen MR) is 89.1 cm³/mol. The van der Waals surface area contributed by atoms with Crippen molar-refractivity contribution in [1.82, 2.24) is 5.43 Å². The number of nitrogens with zero attached hydrogens (tertiary/aromatic N) is 1. The molecule has 0 saturated carbocycles. The van der Waals surface area contributed by atoms with Gasteiger partial charge < -0.3 is 4.74 Å². The zero-order valence-corrected chi connectivity index (χ0v) is 13.1. The third-order valence-electron chi connectivity index (χ3n) is 3.09. The lowest BCUT2D eigenvalue weighted by atomic mass is 10.2. The predicted octanol–water partition coefficient (Wildman–Crippen LogP) is 4.44. The van der Waals surface area contributed by atoms with Gasteiger partial charge >= 0.3 is 0 Å². The minimum atomic E-state index is 0.0803. The third kappa shape index (κ3) is 3.17. The largest absolute Gasteiger partial charge is 0.492 e. The Morgan fingerprint density at radius 2 is 2.05 bits per heavy atom. The first kappa shape index (κ1) is 14.3. The molecule has 3 rings (SSSR count). The highest BCUT2D eigenvalue weighted by atomic mass is 35.5. The second-order valence-electron chi connectivity index (χ2n) is 4.53. The van der Waals surface area contributed by atoms with E-state index >= 15 is 0 Å². The second-order valence-corrected chi connectivity index (χ2v) is 6.03. The summed E-state index contributed by atoms with van der Waals surface area (Å²) in [5.41, 5.74) is 5.38. The van der Waals surface area contributed by atoms with Crippen LogP contribution in [0, 0.1) is 0 Å². The molecule has 1 atom stereocenters. The molecule has 0 aliphatic carbocycles. The fourth-order valence-electron chi connectivity index (χ4n) is 2.09. The van der Waals surface area contributed by atoms with Crippen LogP contribution in [0.15, 0.2) is 53.6 Å². The van der Waals surface area contributed by atoms with E-state index in [1.807, 2.05) is 43.3 Å². The maximum Gasteiger partial charge on any atom is 0.138 e. The van der Waals surface area contributed by atoms with Gasteiger partial charge in [-0.2, -0.15) is 5.10 Å². The molecule has 5 heteroatoms. The van der Waals surface area contributed by atoms with Gasteiger partial charge in [0.1, 0.15) is 16.2 Å². The van der Waals surface area contributed by atoms with Crippen LogP contribution in [0.1, 0.15) is 23.4 Å². The van der Waals surface area contributed by atoms with Crippen molar-refractivity contribution < 1.29 is 4.74 Å². The maximum absolute atomic E-state index is 6.13. The molecule has 1 aliphatic rings. The summed E-state index contributed by atoms with van der Waals surface area (Å²) in [6.07, 6.45) is 0. The average Bonchev–Trinajstić information content (AvgIpc) is 3.00.